The number of hydrazine groups is 3. The molecule has 2 aromatic rings. The van der Waals surface area contributed by atoms with Crippen molar-refractivity contribution in [2.24, 2.45) is 0 Å². The zero-order valence-electron chi connectivity index (χ0n) is 10.2. The van der Waals surface area contributed by atoms with Crippen molar-refractivity contribution in [1.29, 1.82) is 5.26 Å². The third-order valence-electron chi connectivity index (χ3n) is 2.83. The molecule has 0 spiro atoms. The zero-order valence-corrected chi connectivity index (χ0v) is 10.2. The molecule has 0 amide bonds. The molecule has 0 aliphatic carbocycles. The van der Waals surface area contributed by atoms with Crippen molar-refractivity contribution in [1.82, 2.24) is 10.9 Å². The summed E-state index contributed by atoms with van der Waals surface area (Å²) in [6, 6.07) is 21.8. The van der Waals surface area contributed by atoms with Gasteiger partial charge in [0.05, 0.1) is 11.4 Å². The van der Waals surface area contributed by atoms with Crippen molar-refractivity contribution < 1.29 is 0 Å². The first-order valence-corrected chi connectivity index (χ1v) is 6.01. The smallest absolute Gasteiger partial charge is 0.184 e. The van der Waals surface area contributed by atoms with Crippen molar-refractivity contribution in [2.45, 2.75) is 6.17 Å². The lowest BCUT2D eigenvalue weighted by molar-refractivity contribution is 0.661. The Bertz CT molecular complexity index is 530. The first-order chi connectivity index (χ1) is 9.38. The predicted octanol–water partition coefficient (Wildman–Crippen LogP) is 1.79. The molecule has 3 rings (SSSR count). The van der Waals surface area contributed by atoms with Crippen LogP contribution >= 0.6 is 0 Å². The molecule has 2 aromatic carbocycles. The maximum Gasteiger partial charge on any atom is 0.184 e. The van der Waals surface area contributed by atoms with Crippen molar-refractivity contribution >= 4 is 11.4 Å². The standard InChI is InChI=1S/C14H13N5/c15-11-14-16-18(12-7-3-1-4-8-12)19(17-14)13-9-5-2-6-10-13/h1-10,14,16-17H. The van der Waals surface area contributed by atoms with Gasteiger partial charge in [-0.3, -0.25) is 0 Å². The largest absolute Gasteiger partial charge is 0.200 e. The average molecular weight is 251 g/mol. The number of anilines is 2. The Labute approximate surface area is 111 Å². The first kappa shape index (κ1) is 11.5. The van der Waals surface area contributed by atoms with Crippen molar-refractivity contribution in [2.75, 3.05) is 10.2 Å². The predicted molar refractivity (Wildman–Crippen MR) is 73.5 cm³/mol. The molecule has 0 radical (unpaired) electrons. The highest BCUT2D eigenvalue weighted by molar-refractivity contribution is 5.57. The third kappa shape index (κ3) is 2.22. The van der Waals surface area contributed by atoms with Crippen LogP contribution in [-0.4, -0.2) is 6.17 Å². The maximum atomic E-state index is 9.07. The lowest BCUT2D eigenvalue weighted by Crippen LogP contribution is -2.45. The lowest BCUT2D eigenvalue weighted by atomic mass is 10.3. The minimum absolute atomic E-state index is 0.458. The van der Waals surface area contributed by atoms with Crippen LogP contribution in [0.5, 0.6) is 0 Å². The van der Waals surface area contributed by atoms with Crippen LogP contribution in [0.3, 0.4) is 0 Å². The second-order valence-electron chi connectivity index (χ2n) is 4.12. The molecule has 2 N–H and O–H groups in total. The molecule has 0 unspecified atom stereocenters. The number of rotatable bonds is 2. The average Bonchev–Trinajstić information content (AvgIpc) is 2.93. The van der Waals surface area contributed by atoms with E-state index in [0.717, 1.165) is 11.4 Å². The minimum atomic E-state index is -0.458. The van der Waals surface area contributed by atoms with Gasteiger partial charge in [0.2, 0.25) is 0 Å². The Morgan fingerprint density at radius 1 is 0.789 bits per heavy atom. The zero-order chi connectivity index (χ0) is 13.1. The van der Waals surface area contributed by atoms with Crippen LogP contribution in [0, 0.1) is 11.3 Å². The monoisotopic (exact) mass is 251 g/mol. The lowest BCUT2D eigenvalue weighted by Gasteiger charge is -2.28. The van der Waals surface area contributed by atoms with Crippen LogP contribution in [0.15, 0.2) is 60.7 Å². The van der Waals surface area contributed by atoms with Crippen molar-refractivity contribution in [3.63, 3.8) is 0 Å². The van der Waals surface area contributed by atoms with Crippen LogP contribution in [0.4, 0.5) is 11.4 Å². The summed E-state index contributed by atoms with van der Waals surface area (Å²) < 4.78 is 0. The molecular formula is C14H13N5. The van der Waals surface area contributed by atoms with Crippen LogP contribution in [0.25, 0.3) is 0 Å². The summed E-state index contributed by atoms with van der Waals surface area (Å²) in [5.74, 6) is 0. The molecule has 94 valence electrons. The van der Waals surface area contributed by atoms with E-state index in [4.69, 9.17) is 5.26 Å². The topological polar surface area (TPSA) is 54.3 Å². The molecule has 5 heteroatoms. The van der Waals surface area contributed by atoms with Gasteiger partial charge in [-0.1, -0.05) is 36.4 Å². The number of nitrogens with one attached hydrogen (secondary N) is 2. The third-order valence-corrected chi connectivity index (χ3v) is 2.83. The molecule has 0 aromatic heterocycles. The van der Waals surface area contributed by atoms with Gasteiger partial charge in [-0.25, -0.2) is 0 Å². The van der Waals surface area contributed by atoms with Gasteiger partial charge in [0.1, 0.15) is 6.07 Å². The highest BCUT2D eigenvalue weighted by Crippen LogP contribution is 2.22. The number of nitriles is 1. The second kappa shape index (κ2) is 4.98. The van der Waals surface area contributed by atoms with Gasteiger partial charge >= 0.3 is 0 Å². The van der Waals surface area contributed by atoms with E-state index < -0.39 is 6.17 Å². The number of hydrogen-bond acceptors (Lipinski definition) is 5. The Morgan fingerprint density at radius 2 is 1.21 bits per heavy atom. The highest BCUT2D eigenvalue weighted by atomic mass is 16.0. The second-order valence-corrected chi connectivity index (χ2v) is 4.12. The summed E-state index contributed by atoms with van der Waals surface area (Å²) in [4.78, 5) is 0. The molecule has 1 saturated heterocycles. The summed E-state index contributed by atoms with van der Waals surface area (Å²) in [5, 5.41) is 12.7. The van der Waals surface area contributed by atoms with Crippen molar-refractivity contribution in [3.05, 3.63) is 60.7 Å². The van der Waals surface area contributed by atoms with Gasteiger partial charge in [-0.2, -0.15) is 26.3 Å². The first-order valence-electron chi connectivity index (χ1n) is 6.01. The van der Waals surface area contributed by atoms with Crippen LogP contribution < -0.4 is 21.1 Å². The summed E-state index contributed by atoms with van der Waals surface area (Å²) >= 11 is 0. The molecule has 1 heterocycles. The minimum Gasteiger partial charge on any atom is -0.200 e. The molecule has 0 bridgehead atoms. The van der Waals surface area contributed by atoms with Crippen LogP contribution in [0.2, 0.25) is 0 Å². The molecular weight excluding hydrogens is 238 g/mol. The van der Waals surface area contributed by atoms with Gasteiger partial charge in [-0.05, 0) is 24.3 Å². The Morgan fingerprint density at radius 3 is 1.58 bits per heavy atom. The van der Waals surface area contributed by atoms with E-state index >= 15 is 0 Å². The summed E-state index contributed by atoms with van der Waals surface area (Å²) in [5.41, 5.74) is 8.10. The maximum absolute atomic E-state index is 9.07. The molecule has 19 heavy (non-hydrogen) atoms. The molecule has 1 aliphatic heterocycles. The molecule has 1 fully saturated rings. The van der Waals surface area contributed by atoms with Crippen LogP contribution in [-0.2, 0) is 0 Å². The van der Waals surface area contributed by atoms with Gasteiger partial charge in [0.25, 0.3) is 0 Å². The highest BCUT2D eigenvalue weighted by Gasteiger charge is 2.29. The summed E-state index contributed by atoms with van der Waals surface area (Å²) in [7, 11) is 0. The van der Waals surface area contributed by atoms with E-state index in [9.17, 15) is 0 Å². The Kier molecular flexibility index (Phi) is 3.02. The van der Waals surface area contributed by atoms with E-state index in [0.29, 0.717) is 0 Å². The fourth-order valence-electron chi connectivity index (χ4n) is 1.97. The molecule has 5 nitrogen and oxygen atoms in total. The van der Waals surface area contributed by atoms with Gasteiger partial charge in [0, 0.05) is 0 Å². The summed E-state index contributed by atoms with van der Waals surface area (Å²) in [6.07, 6.45) is -0.458. The Hall–Kier alpha value is -2.55. The van der Waals surface area contributed by atoms with E-state index in [-0.39, 0.29) is 0 Å². The number of nitrogens with zero attached hydrogens (tertiary/aromatic N) is 3. The summed E-state index contributed by atoms with van der Waals surface area (Å²) in [6.45, 7) is 0. The normalized spacial score (nSPS) is 15.5. The van der Waals surface area contributed by atoms with Gasteiger partial charge in [0.15, 0.2) is 6.17 Å². The molecule has 0 saturated carbocycles. The fourth-order valence-corrected chi connectivity index (χ4v) is 1.97. The SMILES string of the molecule is N#CC1NN(c2ccccc2)N(c2ccccc2)N1. The number of benzene rings is 2. The van der Waals surface area contributed by atoms with Gasteiger partial charge in [-0.15, -0.1) is 0 Å². The molecule has 1 aliphatic rings. The van der Waals surface area contributed by atoms with E-state index in [1.54, 1.807) is 0 Å². The van der Waals surface area contributed by atoms with Crippen LogP contribution in [0.1, 0.15) is 0 Å². The number of para-hydroxylation sites is 2. The van der Waals surface area contributed by atoms with E-state index in [2.05, 4.69) is 16.9 Å². The van der Waals surface area contributed by atoms with Gasteiger partial charge < -0.3 is 0 Å². The fraction of sp³-hybridized carbons (Fsp3) is 0.0714. The van der Waals surface area contributed by atoms with E-state index in [1.165, 1.54) is 0 Å². The molecule has 0 atom stereocenters. The quantitative estimate of drug-likeness (QED) is 0.852. The Balaban J connectivity index is 1.95. The van der Waals surface area contributed by atoms with Crippen molar-refractivity contribution in [3.8, 4) is 6.07 Å². The van der Waals surface area contributed by atoms with E-state index in [1.807, 2.05) is 70.9 Å². The number of hydrogen-bond donors (Lipinski definition) is 2.